The molecular weight excluding hydrogens is 184 g/mol. The molecule has 0 spiro atoms. The molecule has 0 radical (unpaired) electrons. The van der Waals surface area contributed by atoms with Gasteiger partial charge in [0.25, 0.3) is 0 Å². The van der Waals surface area contributed by atoms with Crippen molar-refractivity contribution < 1.29 is 0 Å². The van der Waals surface area contributed by atoms with Gasteiger partial charge in [-0.25, -0.2) is 0 Å². The first-order valence-electron chi connectivity index (χ1n) is 6.85. The standard InChI is InChI=1S/C13H26N2/c1-2-15(13-5-6-13)11-3-4-12-7-9-14-10-8-12/h12-14H,2-11H2,1H3. The molecule has 1 heterocycles. The van der Waals surface area contributed by atoms with Gasteiger partial charge in [0.05, 0.1) is 0 Å². The van der Waals surface area contributed by atoms with Crippen LogP contribution in [0.15, 0.2) is 0 Å². The largest absolute Gasteiger partial charge is 0.317 e. The van der Waals surface area contributed by atoms with Crippen LogP contribution >= 0.6 is 0 Å². The van der Waals surface area contributed by atoms with Crippen molar-refractivity contribution in [3.63, 3.8) is 0 Å². The molecule has 0 amide bonds. The highest BCUT2D eigenvalue weighted by Crippen LogP contribution is 2.27. The van der Waals surface area contributed by atoms with Gasteiger partial charge >= 0.3 is 0 Å². The average Bonchev–Trinajstić information content (AvgIpc) is 3.10. The molecule has 1 aliphatic heterocycles. The minimum atomic E-state index is 0.961. The molecule has 2 fully saturated rings. The molecule has 0 aromatic carbocycles. The van der Waals surface area contributed by atoms with Crippen molar-refractivity contribution in [3.8, 4) is 0 Å². The van der Waals surface area contributed by atoms with Crippen LogP contribution in [0.3, 0.4) is 0 Å². The molecule has 0 atom stereocenters. The van der Waals surface area contributed by atoms with E-state index in [1.165, 1.54) is 64.7 Å². The average molecular weight is 210 g/mol. The van der Waals surface area contributed by atoms with Crippen molar-refractivity contribution in [3.05, 3.63) is 0 Å². The molecule has 0 aromatic rings. The summed E-state index contributed by atoms with van der Waals surface area (Å²) in [6.45, 7) is 7.43. The van der Waals surface area contributed by atoms with Crippen molar-refractivity contribution in [1.82, 2.24) is 10.2 Å². The van der Waals surface area contributed by atoms with Crippen molar-refractivity contribution in [2.45, 2.75) is 51.5 Å². The minimum absolute atomic E-state index is 0.961. The van der Waals surface area contributed by atoms with Crippen molar-refractivity contribution in [2.24, 2.45) is 5.92 Å². The summed E-state index contributed by atoms with van der Waals surface area (Å²) in [4.78, 5) is 2.68. The van der Waals surface area contributed by atoms with Crippen LogP contribution in [0.2, 0.25) is 0 Å². The smallest absolute Gasteiger partial charge is 0.00963 e. The predicted octanol–water partition coefficient (Wildman–Crippen LogP) is 2.25. The molecular formula is C13H26N2. The molecule has 1 aliphatic carbocycles. The van der Waals surface area contributed by atoms with Crippen LogP contribution in [-0.2, 0) is 0 Å². The van der Waals surface area contributed by atoms with Gasteiger partial charge in [0.2, 0.25) is 0 Å². The molecule has 0 aromatic heterocycles. The monoisotopic (exact) mass is 210 g/mol. The number of hydrogen-bond acceptors (Lipinski definition) is 2. The van der Waals surface area contributed by atoms with Gasteiger partial charge in [-0.1, -0.05) is 6.92 Å². The maximum Gasteiger partial charge on any atom is 0.00963 e. The predicted molar refractivity (Wildman–Crippen MR) is 65.1 cm³/mol. The minimum Gasteiger partial charge on any atom is -0.317 e. The summed E-state index contributed by atoms with van der Waals surface area (Å²) < 4.78 is 0. The quantitative estimate of drug-likeness (QED) is 0.723. The number of rotatable bonds is 6. The zero-order valence-corrected chi connectivity index (χ0v) is 10.2. The van der Waals surface area contributed by atoms with Gasteiger partial charge in [-0.2, -0.15) is 0 Å². The SMILES string of the molecule is CCN(CCCC1CCNCC1)C1CC1. The van der Waals surface area contributed by atoms with Crippen LogP contribution in [0, 0.1) is 5.92 Å². The second-order valence-electron chi connectivity index (χ2n) is 5.20. The van der Waals surface area contributed by atoms with E-state index in [0.29, 0.717) is 0 Å². The molecule has 2 aliphatic rings. The van der Waals surface area contributed by atoms with E-state index in [1.807, 2.05) is 0 Å². The number of nitrogens with one attached hydrogen (secondary N) is 1. The number of nitrogens with zero attached hydrogens (tertiary/aromatic N) is 1. The first kappa shape index (κ1) is 11.4. The van der Waals surface area contributed by atoms with Gasteiger partial charge in [-0.3, -0.25) is 0 Å². The first-order chi connectivity index (χ1) is 7.40. The van der Waals surface area contributed by atoms with Crippen LogP contribution in [0.5, 0.6) is 0 Å². The normalized spacial score (nSPS) is 23.6. The molecule has 1 N–H and O–H groups in total. The van der Waals surface area contributed by atoms with Gasteiger partial charge in [0.15, 0.2) is 0 Å². The van der Waals surface area contributed by atoms with Crippen LogP contribution in [0.1, 0.15) is 45.4 Å². The Morgan fingerprint density at radius 2 is 1.87 bits per heavy atom. The first-order valence-corrected chi connectivity index (χ1v) is 6.85. The van der Waals surface area contributed by atoms with Gasteiger partial charge in [0.1, 0.15) is 0 Å². The lowest BCUT2D eigenvalue weighted by atomic mass is 9.93. The fraction of sp³-hybridized carbons (Fsp3) is 1.00. The molecule has 1 saturated carbocycles. The Morgan fingerprint density at radius 3 is 2.47 bits per heavy atom. The topological polar surface area (TPSA) is 15.3 Å². The summed E-state index contributed by atoms with van der Waals surface area (Å²) in [5.74, 6) is 1.02. The van der Waals surface area contributed by atoms with E-state index in [0.717, 1.165) is 12.0 Å². The molecule has 0 bridgehead atoms. The fourth-order valence-corrected chi connectivity index (χ4v) is 2.79. The van der Waals surface area contributed by atoms with Gasteiger partial charge in [-0.05, 0) is 70.6 Å². The lowest BCUT2D eigenvalue weighted by molar-refractivity contribution is 0.253. The molecule has 2 rings (SSSR count). The van der Waals surface area contributed by atoms with Crippen LogP contribution < -0.4 is 5.32 Å². The highest BCUT2D eigenvalue weighted by Gasteiger charge is 2.27. The third kappa shape index (κ3) is 3.76. The zero-order chi connectivity index (χ0) is 10.5. The molecule has 88 valence electrons. The summed E-state index contributed by atoms with van der Waals surface area (Å²) in [6, 6.07) is 0.961. The highest BCUT2D eigenvalue weighted by atomic mass is 15.2. The third-order valence-electron chi connectivity index (χ3n) is 3.99. The molecule has 1 saturated heterocycles. The third-order valence-corrected chi connectivity index (χ3v) is 3.99. The van der Waals surface area contributed by atoms with Crippen molar-refractivity contribution in [1.29, 1.82) is 0 Å². The summed E-state index contributed by atoms with van der Waals surface area (Å²) in [5, 5.41) is 3.44. The summed E-state index contributed by atoms with van der Waals surface area (Å²) in [7, 11) is 0. The zero-order valence-electron chi connectivity index (χ0n) is 10.2. The Balaban J connectivity index is 1.56. The Bertz CT molecular complexity index is 171. The Kier molecular flexibility index (Phi) is 4.45. The van der Waals surface area contributed by atoms with E-state index in [4.69, 9.17) is 0 Å². The van der Waals surface area contributed by atoms with E-state index in [-0.39, 0.29) is 0 Å². The summed E-state index contributed by atoms with van der Waals surface area (Å²) >= 11 is 0. The molecule has 2 nitrogen and oxygen atoms in total. The Labute approximate surface area is 94.4 Å². The van der Waals surface area contributed by atoms with E-state index in [1.54, 1.807) is 0 Å². The van der Waals surface area contributed by atoms with Crippen LogP contribution in [0.4, 0.5) is 0 Å². The van der Waals surface area contributed by atoms with Gasteiger partial charge < -0.3 is 10.2 Å². The van der Waals surface area contributed by atoms with E-state index in [9.17, 15) is 0 Å². The Hall–Kier alpha value is -0.0800. The van der Waals surface area contributed by atoms with Gasteiger partial charge in [0, 0.05) is 6.04 Å². The summed E-state index contributed by atoms with van der Waals surface area (Å²) in [5.41, 5.74) is 0. The van der Waals surface area contributed by atoms with E-state index in [2.05, 4.69) is 17.1 Å². The number of piperidine rings is 1. The van der Waals surface area contributed by atoms with E-state index >= 15 is 0 Å². The fourth-order valence-electron chi connectivity index (χ4n) is 2.79. The lowest BCUT2D eigenvalue weighted by Crippen LogP contribution is -2.30. The summed E-state index contributed by atoms with van der Waals surface area (Å²) in [6.07, 6.45) is 8.63. The second kappa shape index (κ2) is 5.86. The lowest BCUT2D eigenvalue weighted by Gasteiger charge is -2.24. The van der Waals surface area contributed by atoms with Crippen LogP contribution in [-0.4, -0.2) is 37.1 Å². The van der Waals surface area contributed by atoms with E-state index < -0.39 is 0 Å². The van der Waals surface area contributed by atoms with Gasteiger partial charge in [-0.15, -0.1) is 0 Å². The Morgan fingerprint density at radius 1 is 1.13 bits per heavy atom. The molecule has 2 heteroatoms. The molecule has 15 heavy (non-hydrogen) atoms. The molecule has 0 unspecified atom stereocenters. The highest BCUT2D eigenvalue weighted by molar-refractivity contribution is 4.83. The maximum atomic E-state index is 3.44. The van der Waals surface area contributed by atoms with Crippen molar-refractivity contribution in [2.75, 3.05) is 26.2 Å². The maximum absolute atomic E-state index is 3.44. The second-order valence-corrected chi connectivity index (χ2v) is 5.20. The number of hydrogen-bond donors (Lipinski definition) is 1. The van der Waals surface area contributed by atoms with Crippen molar-refractivity contribution >= 4 is 0 Å². The van der Waals surface area contributed by atoms with Crippen LogP contribution in [0.25, 0.3) is 0 Å².